The van der Waals surface area contributed by atoms with E-state index in [1.807, 2.05) is 19.1 Å². The van der Waals surface area contributed by atoms with Crippen LogP contribution in [0.2, 0.25) is 5.02 Å². The first-order valence-corrected chi connectivity index (χ1v) is 9.68. The van der Waals surface area contributed by atoms with E-state index in [1.165, 1.54) is 17.0 Å². The number of halogens is 1. The van der Waals surface area contributed by atoms with E-state index < -0.39 is 17.7 Å². The predicted molar refractivity (Wildman–Crippen MR) is 116 cm³/mol. The number of nitrogens with zero attached hydrogens (tertiary/aromatic N) is 1. The number of aryl methyl sites for hydroxylation is 1. The Morgan fingerprint density at radius 2 is 1.63 bits per heavy atom. The van der Waals surface area contributed by atoms with Crippen molar-refractivity contribution in [1.82, 2.24) is 0 Å². The number of aliphatic hydroxyl groups is 1. The molecule has 1 heterocycles. The SMILES string of the molecule is Cc1ccc(/C(O)=C2/C(=O)C(=O)N(c3ccccc3)C2c2ccc(O)c(Cl)c2)cc1. The summed E-state index contributed by atoms with van der Waals surface area (Å²) in [5.74, 6) is -1.91. The first-order valence-electron chi connectivity index (χ1n) is 9.30. The number of benzene rings is 3. The van der Waals surface area contributed by atoms with E-state index in [4.69, 9.17) is 11.6 Å². The lowest BCUT2D eigenvalue weighted by Gasteiger charge is -2.25. The Hall–Kier alpha value is -3.57. The number of ketones is 1. The fourth-order valence-electron chi connectivity index (χ4n) is 3.56. The number of hydrogen-bond donors (Lipinski definition) is 2. The van der Waals surface area contributed by atoms with Crippen LogP contribution in [-0.2, 0) is 9.59 Å². The molecule has 3 aromatic rings. The highest BCUT2D eigenvalue weighted by molar-refractivity contribution is 6.51. The maximum Gasteiger partial charge on any atom is 0.300 e. The Morgan fingerprint density at radius 3 is 2.27 bits per heavy atom. The molecule has 1 unspecified atom stereocenters. The Morgan fingerprint density at radius 1 is 0.967 bits per heavy atom. The van der Waals surface area contributed by atoms with E-state index in [-0.39, 0.29) is 22.1 Å². The van der Waals surface area contributed by atoms with Crippen LogP contribution in [0.3, 0.4) is 0 Å². The van der Waals surface area contributed by atoms with Gasteiger partial charge in [0.15, 0.2) is 0 Å². The summed E-state index contributed by atoms with van der Waals surface area (Å²) in [5, 5.41) is 20.9. The van der Waals surface area contributed by atoms with Crippen molar-refractivity contribution >= 4 is 34.7 Å². The van der Waals surface area contributed by atoms with Crippen LogP contribution < -0.4 is 4.90 Å². The second-order valence-corrected chi connectivity index (χ2v) is 7.49. The maximum absolute atomic E-state index is 13.0. The standard InChI is InChI=1S/C24H18ClNO4/c1-14-7-9-15(10-8-14)22(28)20-21(16-11-12-19(27)18(25)13-16)26(24(30)23(20)29)17-5-3-2-4-6-17/h2-13,21,27-28H,1H3/b22-20-. The Kier molecular flexibility index (Phi) is 5.06. The van der Waals surface area contributed by atoms with Crippen LogP contribution in [-0.4, -0.2) is 21.9 Å². The van der Waals surface area contributed by atoms with Crippen molar-refractivity contribution < 1.29 is 19.8 Å². The van der Waals surface area contributed by atoms with Gasteiger partial charge in [-0.2, -0.15) is 0 Å². The highest BCUT2D eigenvalue weighted by Gasteiger charge is 2.47. The molecule has 1 saturated heterocycles. The molecule has 1 aliphatic heterocycles. The molecule has 0 aliphatic carbocycles. The van der Waals surface area contributed by atoms with Gasteiger partial charge in [-0.15, -0.1) is 0 Å². The Labute approximate surface area is 178 Å². The molecule has 4 rings (SSSR count). The minimum absolute atomic E-state index is 0.0329. The third-order valence-electron chi connectivity index (χ3n) is 5.09. The molecule has 30 heavy (non-hydrogen) atoms. The Balaban J connectivity index is 1.96. The number of anilines is 1. The van der Waals surface area contributed by atoms with Crippen molar-refractivity contribution in [3.05, 3.63) is 100 Å². The van der Waals surface area contributed by atoms with Gasteiger partial charge in [-0.05, 0) is 36.8 Å². The van der Waals surface area contributed by atoms with Crippen LogP contribution in [0.15, 0.2) is 78.4 Å². The van der Waals surface area contributed by atoms with Gasteiger partial charge in [0.25, 0.3) is 11.7 Å². The predicted octanol–water partition coefficient (Wildman–Crippen LogP) is 4.98. The largest absolute Gasteiger partial charge is 0.507 e. The monoisotopic (exact) mass is 419 g/mol. The molecule has 0 bridgehead atoms. The first-order chi connectivity index (χ1) is 14.4. The molecule has 5 nitrogen and oxygen atoms in total. The van der Waals surface area contributed by atoms with Crippen molar-refractivity contribution in [2.75, 3.05) is 4.90 Å². The average Bonchev–Trinajstić information content (AvgIpc) is 3.01. The third-order valence-corrected chi connectivity index (χ3v) is 5.39. The van der Waals surface area contributed by atoms with Gasteiger partial charge in [-0.1, -0.05) is 65.7 Å². The van der Waals surface area contributed by atoms with Gasteiger partial charge >= 0.3 is 0 Å². The van der Waals surface area contributed by atoms with Crippen molar-refractivity contribution in [3.8, 4) is 5.75 Å². The summed E-state index contributed by atoms with van der Waals surface area (Å²) in [6, 6.07) is 19.3. The summed E-state index contributed by atoms with van der Waals surface area (Å²) in [6.07, 6.45) is 0. The zero-order valence-corrected chi connectivity index (χ0v) is 16.8. The van der Waals surface area contributed by atoms with Gasteiger partial charge in [0.1, 0.15) is 11.5 Å². The number of para-hydroxylation sites is 1. The number of phenolic OH excluding ortho intramolecular Hbond substituents is 1. The van der Waals surface area contributed by atoms with E-state index in [2.05, 4.69) is 0 Å². The minimum Gasteiger partial charge on any atom is -0.507 e. The molecule has 2 N–H and O–H groups in total. The van der Waals surface area contributed by atoms with E-state index in [0.29, 0.717) is 16.8 Å². The molecule has 1 aliphatic rings. The highest BCUT2D eigenvalue weighted by Crippen LogP contribution is 2.43. The average molecular weight is 420 g/mol. The van der Waals surface area contributed by atoms with Crippen molar-refractivity contribution in [2.24, 2.45) is 0 Å². The van der Waals surface area contributed by atoms with Gasteiger partial charge in [0.2, 0.25) is 0 Å². The lowest BCUT2D eigenvalue weighted by Crippen LogP contribution is -2.29. The summed E-state index contributed by atoms with van der Waals surface area (Å²) in [7, 11) is 0. The fraction of sp³-hybridized carbons (Fsp3) is 0.0833. The van der Waals surface area contributed by atoms with Gasteiger partial charge in [-0.3, -0.25) is 14.5 Å². The van der Waals surface area contributed by atoms with Crippen LogP contribution >= 0.6 is 11.6 Å². The topological polar surface area (TPSA) is 77.8 Å². The zero-order chi connectivity index (χ0) is 21.4. The van der Waals surface area contributed by atoms with E-state index in [0.717, 1.165) is 5.56 Å². The molecule has 150 valence electrons. The molecular weight excluding hydrogens is 402 g/mol. The molecule has 0 aromatic heterocycles. The van der Waals surface area contributed by atoms with Gasteiger partial charge in [0, 0.05) is 11.3 Å². The molecule has 3 aromatic carbocycles. The maximum atomic E-state index is 13.0. The second-order valence-electron chi connectivity index (χ2n) is 7.08. The molecule has 0 saturated carbocycles. The Bertz CT molecular complexity index is 1170. The van der Waals surface area contributed by atoms with Gasteiger partial charge in [-0.25, -0.2) is 0 Å². The lowest BCUT2D eigenvalue weighted by molar-refractivity contribution is -0.132. The number of aliphatic hydroxyl groups excluding tert-OH is 1. The molecular formula is C24H18ClNO4. The van der Waals surface area contributed by atoms with Crippen LogP contribution in [0.5, 0.6) is 5.75 Å². The quantitative estimate of drug-likeness (QED) is 0.356. The highest BCUT2D eigenvalue weighted by atomic mass is 35.5. The molecule has 1 fully saturated rings. The molecule has 1 amide bonds. The van der Waals surface area contributed by atoms with Crippen LogP contribution in [0.4, 0.5) is 5.69 Å². The zero-order valence-electron chi connectivity index (χ0n) is 16.0. The molecule has 0 spiro atoms. The van der Waals surface area contributed by atoms with Gasteiger partial charge < -0.3 is 10.2 Å². The van der Waals surface area contributed by atoms with Crippen molar-refractivity contribution in [1.29, 1.82) is 0 Å². The molecule has 1 atom stereocenters. The van der Waals surface area contributed by atoms with Crippen LogP contribution in [0.25, 0.3) is 5.76 Å². The fourth-order valence-corrected chi connectivity index (χ4v) is 3.75. The number of carbonyl (C=O) groups is 2. The number of hydrogen-bond acceptors (Lipinski definition) is 4. The smallest absolute Gasteiger partial charge is 0.300 e. The van der Waals surface area contributed by atoms with Crippen molar-refractivity contribution in [3.63, 3.8) is 0 Å². The number of rotatable bonds is 3. The summed E-state index contributed by atoms with van der Waals surface area (Å²) in [4.78, 5) is 27.3. The number of aromatic hydroxyl groups is 1. The van der Waals surface area contributed by atoms with Gasteiger partial charge in [0.05, 0.1) is 16.6 Å². The number of amides is 1. The molecule has 6 heteroatoms. The van der Waals surface area contributed by atoms with E-state index in [1.54, 1.807) is 48.5 Å². The second kappa shape index (κ2) is 7.69. The normalized spacial score (nSPS) is 18.1. The minimum atomic E-state index is -0.896. The number of phenols is 1. The third kappa shape index (κ3) is 3.33. The number of carbonyl (C=O) groups excluding carboxylic acids is 2. The molecule has 0 radical (unpaired) electrons. The lowest BCUT2D eigenvalue weighted by atomic mass is 9.95. The first kappa shape index (κ1) is 19.7. The summed E-state index contributed by atoms with van der Waals surface area (Å²) < 4.78 is 0. The van der Waals surface area contributed by atoms with Crippen molar-refractivity contribution in [2.45, 2.75) is 13.0 Å². The van der Waals surface area contributed by atoms with Crippen LogP contribution in [0.1, 0.15) is 22.7 Å². The van der Waals surface area contributed by atoms with E-state index in [9.17, 15) is 19.8 Å². The van der Waals surface area contributed by atoms with E-state index >= 15 is 0 Å². The summed E-state index contributed by atoms with van der Waals surface area (Å²) in [5.41, 5.74) is 2.40. The summed E-state index contributed by atoms with van der Waals surface area (Å²) in [6.45, 7) is 1.91. The summed E-state index contributed by atoms with van der Waals surface area (Å²) >= 11 is 6.10. The van der Waals surface area contributed by atoms with Crippen LogP contribution in [0, 0.1) is 6.92 Å². The number of Topliss-reactive ketones (excluding diaryl/α,β-unsaturated/α-hetero) is 1.